The number of hydrogen-bond donors (Lipinski definition) is 2. The van der Waals surface area contributed by atoms with Crippen LogP contribution in [0.5, 0.6) is 0 Å². The van der Waals surface area contributed by atoms with Gasteiger partial charge in [0, 0.05) is 19.0 Å². The minimum atomic E-state index is -0.558. The van der Waals surface area contributed by atoms with E-state index >= 15 is 0 Å². The summed E-state index contributed by atoms with van der Waals surface area (Å²) in [6, 6.07) is -0.298. The summed E-state index contributed by atoms with van der Waals surface area (Å²) in [6.45, 7) is 7.16. The number of anilines is 1. The first kappa shape index (κ1) is 19.2. The Morgan fingerprint density at radius 2 is 2.19 bits per heavy atom. The number of carbonyl (C=O) groups is 1. The first-order valence-corrected chi connectivity index (χ1v) is 11.0. The minimum Gasteiger partial charge on any atom is -0.444 e. The molecular formula is C17H24IN5O3S. The second-order valence-electron chi connectivity index (χ2n) is 8.31. The van der Waals surface area contributed by atoms with Crippen molar-refractivity contribution in [2.75, 3.05) is 18.0 Å². The summed E-state index contributed by atoms with van der Waals surface area (Å²) < 4.78 is 8.24. The molecule has 2 fully saturated rings. The smallest absolute Gasteiger partial charge is 0.407 e. The summed E-state index contributed by atoms with van der Waals surface area (Å²) >= 11 is 3.80. The Hall–Kier alpha value is -1.14. The zero-order chi connectivity index (χ0) is 19.3. The molecular weight excluding hydrogens is 481 g/mol. The summed E-state index contributed by atoms with van der Waals surface area (Å²) in [5.74, 6) is 0.597. The molecule has 2 aliphatic rings. The lowest BCUT2D eigenvalue weighted by atomic mass is 9.76. The first-order valence-electron chi connectivity index (χ1n) is 9.14. The lowest BCUT2D eigenvalue weighted by Gasteiger charge is -2.37. The number of nitrogens with zero attached hydrogens (tertiary/aromatic N) is 4. The summed E-state index contributed by atoms with van der Waals surface area (Å²) in [4.78, 5) is 19.8. The molecule has 1 aliphatic heterocycles. The second kappa shape index (κ2) is 7.03. The Labute approximate surface area is 175 Å². The van der Waals surface area contributed by atoms with Crippen molar-refractivity contribution < 1.29 is 14.6 Å². The van der Waals surface area contributed by atoms with Gasteiger partial charge in [-0.1, -0.05) is 11.3 Å². The summed E-state index contributed by atoms with van der Waals surface area (Å²) in [6.07, 6.45) is 2.44. The molecule has 4 rings (SSSR count). The van der Waals surface area contributed by atoms with Crippen molar-refractivity contribution in [1.82, 2.24) is 19.9 Å². The van der Waals surface area contributed by atoms with Crippen molar-refractivity contribution in [3.8, 4) is 0 Å². The number of aromatic nitrogens is 3. The fourth-order valence-corrected chi connectivity index (χ4v) is 5.58. The number of carbonyl (C=O) groups excluding carboxylic acids is 1. The average Bonchev–Trinajstić information content (AvgIpc) is 3.24. The van der Waals surface area contributed by atoms with Crippen LogP contribution in [-0.2, 0) is 4.74 Å². The van der Waals surface area contributed by atoms with Crippen LogP contribution >= 0.6 is 33.9 Å². The van der Waals surface area contributed by atoms with E-state index in [2.05, 4.69) is 42.9 Å². The quantitative estimate of drug-likeness (QED) is 0.610. The number of rotatable bonds is 2. The Morgan fingerprint density at radius 3 is 2.89 bits per heavy atom. The number of nitrogens with one attached hydrogen (secondary N) is 1. The maximum absolute atomic E-state index is 12.3. The van der Waals surface area contributed by atoms with Crippen molar-refractivity contribution >= 4 is 50.1 Å². The van der Waals surface area contributed by atoms with Crippen LogP contribution in [0.25, 0.3) is 4.96 Å². The van der Waals surface area contributed by atoms with E-state index in [1.54, 1.807) is 11.3 Å². The van der Waals surface area contributed by atoms with Crippen LogP contribution < -0.4 is 10.2 Å². The molecule has 148 valence electrons. The number of fused-ring (bicyclic) bond motifs is 2. The van der Waals surface area contributed by atoms with Crippen LogP contribution in [0.2, 0.25) is 0 Å². The van der Waals surface area contributed by atoms with E-state index in [4.69, 9.17) is 4.74 Å². The fourth-order valence-electron chi connectivity index (χ4n) is 4.05. The molecule has 3 heterocycles. The number of aliphatic hydroxyl groups is 1. The molecule has 0 aromatic carbocycles. The third kappa shape index (κ3) is 3.88. The highest BCUT2D eigenvalue weighted by Gasteiger charge is 2.46. The van der Waals surface area contributed by atoms with Crippen molar-refractivity contribution in [2.24, 2.45) is 11.8 Å². The zero-order valence-corrected chi connectivity index (χ0v) is 18.5. The molecule has 8 nitrogen and oxygen atoms in total. The Kier molecular flexibility index (Phi) is 5.00. The van der Waals surface area contributed by atoms with Crippen LogP contribution in [0.4, 0.5) is 9.93 Å². The van der Waals surface area contributed by atoms with Gasteiger partial charge < -0.3 is 20.1 Å². The molecule has 0 spiro atoms. The lowest BCUT2D eigenvalue weighted by Crippen LogP contribution is -2.54. The van der Waals surface area contributed by atoms with Gasteiger partial charge in [-0.05, 0) is 62.1 Å². The van der Waals surface area contributed by atoms with E-state index in [9.17, 15) is 9.90 Å². The van der Waals surface area contributed by atoms with Gasteiger partial charge in [0.25, 0.3) is 0 Å². The Balaban J connectivity index is 1.49. The van der Waals surface area contributed by atoms with Crippen molar-refractivity contribution in [2.45, 2.75) is 51.4 Å². The van der Waals surface area contributed by atoms with Gasteiger partial charge in [-0.2, -0.15) is 4.52 Å². The van der Waals surface area contributed by atoms with Crippen LogP contribution in [-0.4, -0.2) is 56.6 Å². The topological polar surface area (TPSA) is 92.0 Å². The van der Waals surface area contributed by atoms with Gasteiger partial charge in [-0.3, -0.25) is 0 Å². The number of aliphatic hydroxyl groups excluding tert-OH is 1. The lowest BCUT2D eigenvalue weighted by molar-refractivity contribution is 0.0187. The van der Waals surface area contributed by atoms with E-state index in [1.807, 2.05) is 31.5 Å². The molecule has 1 saturated heterocycles. The number of imidazole rings is 1. The fraction of sp³-hybridized carbons (Fsp3) is 0.706. The van der Waals surface area contributed by atoms with Crippen molar-refractivity contribution in [3.63, 3.8) is 0 Å². The van der Waals surface area contributed by atoms with Gasteiger partial charge in [0.15, 0.2) is 0 Å². The largest absolute Gasteiger partial charge is 0.444 e. The molecule has 4 atom stereocenters. The highest BCUT2D eigenvalue weighted by atomic mass is 127. The summed E-state index contributed by atoms with van der Waals surface area (Å²) in [7, 11) is 0. The number of hydrogen-bond acceptors (Lipinski definition) is 7. The van der Waals surface area contributed by atoms with Crippen molar-refractivity contribution in [3.05, 3.63) is 9.90 Å². The van der Waals surface area contributed by atoms with E-state index in [-0.39, 0.29) is 12.0 Å². The highest BCUT2D eigenvalue weighted by Crippen LogP contribution is 2.39. The van der Waals surface area contributed by atoms with Gasteiger partial charge in [0.05, 0.1) is 18.3 Å². The van der Waals surface area contributed by atoms with Gasteiger partial charge >= 0.3 is 6.09 Å². The molecule has 0 radical (unpaired) electrons. The van der Waals surface area contributed by atoms with Crippen LogP contribution in [0.3, 0.4) is 0 Å². The van der Waals surface area contributed by atoms with Gasteiger partial charge in [-0.15, -0.1) is 5.10 Å². The predicted molar refractivity (Wildman–Crippen MR) is 111 cm³/mol. The molecule has 10 heteroatoms. The van der Waals surface area contributed by atoms with Gasteiger partial charge in [0.2, 0.25) is 10.1 Å². The summed E-state index contributed by atoms with van der Waals surface area (Å²) in [5.41, 5.74) is -0.558. The molecule has 2 aromatic rings. The van der Waals surface area contributed by atoms with E-state index in [0.717, 1.165) is 33.3 Å². The summed E-state index contributed by atoms with van der Waals surface area (Å²) in [5, 5.41) is 19.1. The number of amides is 1. The maximum Gasteiger partial charge on any atom is 0.407 e. The predicted octanol–water partition coefficient (Wildman–Crippen LogP) is 2.50. The molecule has 2 aromatic heterocycles. The monoisotopic (exact) mass is 505 g/mol. The van der Waals surface area contributed by atoms with Crippen LogP contribution in [0, 0.1) is 15.5 Å². The normalized spacial score (nSPS) is 28.4. The molecule has 1 saturated carbocycles. The third-order valence-electron chi connectivity index (χ3n) is 5.19. The van der Waals surface area contributed by atoms with E-state index < -0.39 is 17.8 Å². The third-order valence-corrected chi connectivity index (χ3v) is 6.91. The second-order valence-corrected chi connectivity index (χ2v) is 10.3. The van der Waals surface area contributed by atoms with Gasteiger partial charge in [0.1, 0.15) is 9.30 Å². The molecule has 1 amide bonds. The maximum atomic E-state index is 12.3. The minimum absolute atomic E-state index is 0.177. The number of halogens is 1. The zero-order valence-electron chi connectivity index (χ0n) is 15.6. The van der Waals surface area contributed by atoms with Crippen LogP contribution in [0.15, 0.2) is 6.20 Å². The average molecular weight is 505 g/mol. The SMILES string of the molecule is CC(C)(C)OC(=O)N[C@H]1[C@H]2CN(c3nn4c(I)cnc4s3)C[C@H]2CC[C@@H]1O. The molecule has 2 N–H and O–H groups in total. The molecule has 0 bridgehead atoms. The number of alkyl carbamates (subject to hydrolysis) is 1. The number of ether oxygens (including phenoxy) is 1. The highest BCUT2D eigenvalue weighted by molar-refractivity contribution is 14.1. The Morgan fingerprint density at radius 1 is 1.41 bits per heavy atom. The van der Waals surface area contributed by atoms with E-state index in [0.29, 0.717) is 12.3 Å². The van der Waals surface area contributed by atoms with E-state index in [1.165, 1.54) is 0 Å². The first-order chi connectivity index (χ1) is 12.7. The standard InChI is InChI=1S/C17H24IN5O3S/c1-17(2,3)26-16(25)20-13-10-8-22(7-9(10)4-5-11(13)24)15-21-23-12(18)6-19-14(23)27-15/h6,9-11,13,24H,4-5,7-8H2,1-3H3,(H,20,25)/t9-,10+,11+,13+/m1/s1. The van der Waals surface area contributed by atoms with Gasteiger partial charge in [-0.25, -0.2) is 9.78 Å². The van der Waals surface area contributed by atoms with Crippen LogP contribution in [0.1, 0.15) is 33.6 Å². The molecule has 1 aliphatic carbocycles. The molecule has 27 heavy (non-hydrogen) atoms. The Bertz CT molecular complexity index is 847. The van der Waals surface area contributed by atoms with Crippen molar-refractivity contribution in [1.29, 1.82) is 0 Å². The molecule has 0 unspecified atom stereocenters.